The Morgan fingerprint density at radius 1 is 1.72 bits per heavy atom. The third kappa shape index (κ3) is 4.92. The van der Waals surface area contributed by atoms with Gasteiger partial charge in [0.2, 0.25) is 0 Å². The zero-order valence-corrected chi connectivity index (χ0v) is 14.0. The predicted octanol–water partition coefficient (Wildman–Crippen LogP) is 2.58. The van der Waals surface area contributed by atoms with Crippen LogP contribution in [-0.2, 0) is 30.7 Å². The molecule has 0 unspecified atom stereocenters. The summed E-state index contributed by atoms with van der Waals surface area (Å²) in [6.07, 6.45) is -0.114. The zero-order valence-electron chi connectivity index (χ0n) is 10.2. The summed E-state index contributed by atoms with van der Waals surface area (Å²) in [6.45, 7) is 6.39. The summed E-state index contributed by atoms with van der Waals surface area (Å²) in [5.74, 6) is -0.493. The van der Waals surface area contributed by atoms with E-state index in [1.807, 2.05) is 11.0 Å². The van der Waals surface area contributed by atoms with Crippen LogP contribution in [0.1, 0.15) is 20.3 Å². The van der Waals surface area contributed by atoms with Gasteiger partial charge in [0.25, 0.3) is 0 Å². The van der Waals surface area contributed by atoms with Crippen LogP contribution in [0.5, 0.6) is 0 Å². The Bertz CT molecular complexity index is 386. The summed E-state index contributed by atoms with van der Waals surface area (Å²) < 4.78 is 18.0. The van der Waals surface area contributed by atoms with Gasteiger partial charge in [-0.1, -0.05) is 0 Å². The van der Waals surface area contributed by atoms with Gasteiger partial charge < -0.3 is 0 Å². The van der Waals surface area contributed by atoms with Crippen LogP contribution in [0, 0.1) is 5.92 Å². The molecule has 0 aromatic rings. The van der Waals surface area contributed by atoms with E-state index in [4.69, 9.17) is 25.9 Å². The van der Waals surface area contributed by atoms with Crippen molar-refractivity contribution in [3.63, 3.8) is 0 Å². The van der Waals surface area contributed by atoms with Crippen LogP contribution >= 0.6 is 29.4 Å². The Kier molecular flexibility index (Phi) is 8.03. The van der Waals surface area contributed by atoms with E-state index in [-0.39, 0.29) is 18.0 Å². The molecule has 4 nitrogen and oxygen atoms in total. The van der Waals surface area contributed by atoms with Crippen molar-refractivity contribution in [3.8, 4) is 0 Å². The minimum atomic E-state index is -0.573. The molecule has 98 valence electrons. The van der Waals surface area contributed by atoms with Crippen molar-refractivity contribution in [3.05, 3.63) is 9.66 Å². The summed E-state index contributed by atoms with van der Waals surface area (Å²) in [6, 6.07) is 0. The monoisotopic (exact) mass is 399 g/mol. The average Bonchev–Trinajstić information content (AvgIpc) is 2.38. The number of halogens is 1. The first-order valence-electron chi connectivity index (χ1n) is 5.48. The van der Waals surface area contributed by atoms with E-state index >= 15 is 0 Å². The van der Waals surface area contributed by atoms with Crippen LogP contribution in [0.4, 0.5) is 0 Å². The fourth-order valence-electron chi connectivity index (χ4n) is 1.51. The number of cyclic esters (lactones) is 1. The quantitative estimate of drug-likeness (QED) is 0.234. The number of rotatable bonds is 5. The summed E-state index contributed by atoms with van der Waals surface area (Å²) in [5, 5.41) is 0. The molecule has 1 aliphatic heterocycles. The maximum atomic E-state index is 11.7. The van der Waals surface area contributed by atoms with Crippen LogP contribution in [0.15, 0.2) is 9.66 Å². The van der Waals surface area contributed by atoms with E-state index in [1.54, 1.807) is 13.7 Å². The van der Waals surface area contributed by atoms with Crippen molar-refractivity contribution in [1.29, 1.82) is 0 Å². The van der Waals surface area contributed by atoms with Gasteiger partial charge in [-0.2, -0.15) is 0 Å². The number of hydrogen-bond donors (Lipinski definition) is 0. The van der Waals surface area contributed by atoms with E-state index in [1.165, 1.54) is 0 Å². The molecule has 0 aromatic carbocycles. The van der Waals surface area contributed by atoms with Gasteiger partial charge in [0, 0.05) is 0 Å². The molecule has 0 amide bonds. The summed E-state index contributed by atoms with van der Waals surface area (Å²) in [7, 11) is 0. The molecular formula is C10H14BIO4PS+. The van der Waals surface area contributed by atoms with E-state index < -0.39 is 6.29 Å². The molecule has 1 saturated heterocycles. The molecule has 1 heterocycles. The molecular weight excluding hydrogens is 385 g/mol. The SMILES string of the molecule is C/C(=C\I)[C@H]1OC(=O)[C@@H](C)[C@@H](CCOB=[P+]=S)O1. The Hall–Kier alpha value is 0.575. The van der Waals surface area contributed by atoms with E-state index in [2.05, 4.69) is 22.6 Å². The third-order valence-corrected chi connectivity index (χ3v) is 4.11. The van der Waals surface area contributed by atoms with Crippen molar-refractivity contribution in [2.24, 2.45) is 5.92 Å². The molecule has 0 spiro atoms. The molecule has 0 bridgehead atoms. The molecule has 0 saturated carbocycles. The van der Waals surface area contributed by atoms with Gasteiger partial charge in [0.1, 0.15) is 0 Å². The van der Waals surface area contributed by atoms with Gasteiger partial charge in [-0.05, 0) is 0 Å². The molecule has 1 rings (SSSR count). The normalized spacial score (nSPS) is 28.5. The molecule has 3 atom stereocenters. The Morgan fingerprint density at radius 2 is 2.44 bits per heavy atom. The van der Waals surface area contributed by atoms with Crippen LogP contribution in [-0.4, -0.2) is 31.8 Å². The Labute approximate surface area is 127 Å². The van der Waals surface area contributed by atoms with Gasteiger partial charge >= 0.3 is 128 Å². The second kappa shape index (κ2) is 8.69. The fourth-order valence-corrected chi connectivity index (χ4v) is 2.15. The van der Waals surface area contributed by atoms with Gasteiger partial charge in [-0.25, -0.2) is 0 Å². The van der Waals surface area contributed by atoms with Crippen molar-refractivity contribution < 1.29 is 18.9 Å². The fraction of sp³-hybridized carbons (Fsp3) is 0.700. The molecule has 18 heavy (non-hydrogen) atoms. The first-order chi connectivity index (χ1) is 8.60. The second-order valence-electron chi connectivity index (χ2n) is 3.96. The van der Waals surface area contributed by atoms with Crippen LogP contribution in [0.2, 0.25) is 0 Å². The van der Waals surface area contributed by atoms with E-state index in [9.17, 15) is 4.79 Å². The number of esters is 1. The first kappa shape index (κ1) is 16.6. The standard InChI is InChI=1S/C10H14BIO4PS/c1-6(5-12)10-15-8(3-4-14-11-17-18)7(2)9(13)16-10/h5,7-8,10H,3-4H2,1-2H3/q+1/b6-5+/t7-,8+,10+/m0/s1. The third-order valence-electron chi connectivity index (χ3n) is 2.63. The van der Waals surface area contributed by atoms with Gasteiger partial charge in [0.05, 0.1) is 0 Å². The summed E-state index contributed by atoms with van der Waals surface area (Å²) in [5.41, 5.74) is 0.886. The second-order valence-corrected chi connectivity index (χ2v) is 5.63. The minimum absolute atomic E-state index is 0.183. The van der Waals surface area contributed by atoms with E-state index in [0.717, 1.165) is 5.57 Å². The van der Waals surface area contributed by atoms with Crippen LogP contribution in [0.25, 0.3) is 0 Å². The van der Waals surface area contributed by atoms with Crippen molar-refractivity contribution in [2.75, 3.05) is 6.61 Å². The van der Waals surface area contributed by atoms with Gasteiger partial charge in [-0.15, -0.1) is 0 Å². The summed E-state index contributed by atoms with van der Waals surface area (Å²) in [4.78, 5) is 11.7. The predicted molar refractivity (Wildman–Crippen MR) is 82.3 cm³/mol. The number of carbonyl (C=O) groups is 1. The van der Waals surface area contributed by atoms with Crippen molar-refractivity contribution >= 4 is 54.0 Å². The molecule has 0 aromatic heterocycles. The number of ether oxygens (including phenoxy) is 2. The average molecular weight is 399 g/mol. The van der Waals surface area contributed by atoms with Crippen LogP contribution in [0.3, 0.4) is 0 Å². The van der Waals surface area contributed by atoms with Gasteiger partial charge in [-0.3, -0.25) is 0 Å². The first-order valence-corrected chi connectivity index (χ1v) is 8.71. The number of carbonyl (C=O) groups excluding carboxylic acids is 1. The number of hydrogen-bond acceptors (Lipinski definition) is 5. The molecule has 0 N–H and O–H groups in total. The molecule has 0 aliphatic carbocycles. The van der Waals surface area contributed by atoms with Gasteiger partial charge in [0.15, 0.2) is 0 Å². The molecule has 8 heteroatoms. The molecule has 0 radical (unpaired) electrons. The van der Waals surface area contributed by atoms with Crippen LogP contribution < -0.4 is 0 Å². The Balaban J connectivity index is 2.58. The van der Waals surface area contributed by atoms with E-state index in [0.29, 0.717) is 19.9 Å². The topological polar surface area (TPSA) is 44.8 Å². The maximum absolute atomic E-state index is 11.7. The molecule has 1 aliphatic rings. The van der Waals surface area contributed by atoms with Crippen molar-refractivity contribution in [1.82, 2.24) is 0 Å². The Morgan fingerprint density at radius 3 is 3.06 bits per heavy atom. The van der Waals surface area contributed by atoms with Crippen molar-refractivity contribution in [2.45, 2.75) is 32.7 Å². The summed E-state index contributed by atoms with van der Waals surface area (Å²) >= 11 is 6.81. The zero-order chi connectivity index (χ0) is 13.5. The molecule has 1 fully saturated rings.